The minimum atomic E-state index is -0.824. The summed E-state index contributed by atoms with van der Waals surface area (Å²) >= 11 is 0. The Morgan fingerprint density at radius 3 is 1.33 bits per heavy atom. The number of Topliss-reactive ketones (excluding diaryl/α,β-unsaturated/α-hetero) is 2. The second-order valence-corrected chi connectivity index (χ2v) is 13.1. The fourth-order valence-electron chi connectivity index (χ4n) is 8.25. The largest absolute Gasteiger partial charge is 0.393 e. The van der Waals surface area contributed by atoms with Crippen LogP contribution in [0.4, 0.5) is 0 Å². The van der Waals surface area contributed by atoms with Gasteiger partial charge >= 0.3 is 58.3 Å². The van der Waals surface area contributed by atoms with Gasteiger partial charge in [0.1, 0.15) is 11.6 Å². The van der Waals surface area contributed by atoms with Crippen molar-refractivity contribution in [3.8, 4) is 0 Å². The molecular formula is C35H20O17. The summed E-state index contributed by atoms with van der Waals surface area (Å²) in [5.41, 5.74) is -1.55. The lowest BCUT2D eigenvalue weighted by Crippen LogP contribution is -2.50. The van der Waals surface area contributed by atoms with Gasteiger partial charge in [-0.1, -0.05) is 24.3 Å². The fourth-order valence-corrected chi connectivity index (χ4v) is 8.25. The van der Waals surface area contributed by atoms with Crippen molar-refractivity contribution in [2.24, 2.45) is 35.5 Å². The summed E-state index contributed by atoms with van der Waals surface area (Å²) in [5.74, 6) is -8.63. The van der Waals surface area contributed by atoms with Gasteiger partial charge in [-0.15, -0.1) is 0 Å². The lowest BCUT2D eigenvalue weighted by atomic mass is 9.59. The Hall–Kier alpha value is -6.52. The van der Waals surface area contributed by atoms with E-state index in [0.29, 0.717) is 6.42 Å². The number of furan rings is 2. The average molecular weight is 713 g/mol. The summed E-state index contributed by atoms with van der Waals surface area (Å²) in [6, 6.07) is 9.73. The van der Waals surface area contributed by atoms with Crippen molar-refractivity contribution < 1.29 is 61.4 Å². The van der Waals surface area contributed by atoms with Crippen molar-refractivity contribution in [2.45, 2.75) is 31.1 Å². The molecule has 0 amide bonds. The zero-order valence-electron chi connectivity index (χ0n) is 26.1. The molecule has 0 N–H and O–H groups in total. The van der Waals surface area contributed by atoms with Crippen molar-refractivity contribution in [1.82, 2.24) is 0 Å². The van der Waals surface area contributed by atoms with Crippen molar-refractivity contribution in [3.63, 3.8) is 0 Å². The first-order chi connectivity index (χ1) is 24.7. The van der Waals surface area contributed by atoms with Crippen LogP contribution in [-0.2, 0) is 52.6 Å². The zero-order chi connectivity index (χ0) is 36.9. The summed E-state index contributed by atoms with van der Waals surface area (Å²) < 4.78 is 22.0. The number of fused-ring (bicyclic) bond motifs is 9. The van der Waals surface area contributed by atoms with Crippen LogP contribution in [-0.4, -0.2) is 47.4 Å². The van der Waals surface area contributed by atoms with Gasteiger partial charge in [-0.2, -0.15) is 0 Å². The highest BCUT2D eigenvalue weighted by atomic mass is 16.6. The molecule has 0 radical (unpaired) electrons. The number of carbonyl (C=O) groups is 8. The maximum Gasteiger partial charge on any atom is 0.346 e. The molecule has 4 aromatic rings. The Balaban J connectivity index is 0.000000115. The van der Waals surface area contributed by atoms with E-state index in [1.165, 1.54) is 0 Å². The minimum absolute atomic E-state index is 0.0181. The second kappa shape index (κ2) is 11.5. The summed E-state index contributed by atoms with van der Waals surface area (Å²) in [4.78, 5) is 137. The molecule has 10 rings (SSSR count). The van der Waals surface area contributed by atoms with Gasteiger partial charge in [0.25, 0.3) is 0 Å². The Bertz CT molecular complexity index is 2350. The summed E-state index contributed by atoms with van der Waals surface area (Å²) in [6.07, 6.45) is 0.473. The second-order valence-electron chi connectivity index (χ2n) is 13.1. The third-order valence-electron chi connectivity index (χ3n) is 10.6. The van der Waals surface area contributed by atoms with Crippen molar-refractivity contribution in [3.05, 3.63) is 89.2 Å². The zero-order valence-corrected chi connectivity index (χ0v) is 26.1. The van der Waals surface area contributed by atoms with E-state index >= 15 is 0 Å². The number of rotatable bonds is 1. The molecule has 17 heteroatoms. The van der Waals surface area contributed by atoms with Gasteiger partial charge in [-0.3, -0.25) is 38.4 Å². The van der Waals surface area contributed by atoms with Gasteiger partial charge in [-0.25, -0.2) is 19.2 Å². The van der Waals surface area contributed by atoms with Gasteiger partial charge in [0.05, 0.1) is 69.9 Å². The van der Waals surface area contributed by atoms with Crippen LogP contribution in [0.15, 0.2) is 64.4 Å². The number of hydrogen-bond acceptors (Lipinski definition) is 17. The molecule has 3 saturated heterocycles. The van der Waals surface area contributed by atoms with Crippen molar-refractivity contribution in [1.29, 1.82) is 0 Å². The van der Waals surface area contributed by atoms with Gasteiger partial charge in [0.15, 0.2) is 0 Å². The molecule has 6 aliphatic rings. The van der Waals surface area contributed by atoms with Gasteiger partial charge in [0, 0.05) is 5.92 Å². The molecule has 3 aliphatic heterocycles. The Labute approximate surface area is 286 Å². The van der Waals surface area contributed by atoms with Crippen LogP contribution in [0.1, 0.15) is 42.2 Å². The number of hydrogen-bond donors (Lipinski definition) is 0. The molecule has 2 aromatic carbocycles. The first kappa shape index (κ1) is 32.7. The van der Waals surface area contributed by atoms with E-state index in [2.05, 4.69) is 23.0 Å². The van der Waals surface area contributed by atoms with Crippen molar-refractivity contribution in [2.75, 3.05) is 0 Å². The minimum Gasteiger partial charge on any atom is -0.393 e. The number of benzene rings is 2. The Morgan fingerprint density at radius 1 is 0.462 bits per heavy atom. The van der Waals surface area contributed by atoms with Gasteiger partial charge in [0.2, 0.25) is 0 Å². The lowest BCUT2D eigenvalue weighted by Gasteiger charge is -2.34. The highest BCUT2D eigenvalue weighted by Crippen LogP contribution is 2.55. The van der Waals surface area contributed by atoms with E-state index in [4.69, 9.17) is 0 Å². The molecule has 4 atom stereocenters. The highest BCUT2D eigenvalue weighted by molar-refractivity contribution is 6.12. The highest BCUT2D eigenvalue weighted by Gasteiger charge is 2.72. The topological polar surface area (TPSA) is 259 Å². The molecule has 262 valence electrons. The van der Waals surface area contributed by atoms with E-state index in [9.17, 15) is 57.5 Å². The molecule has 52 heavy (non-hydrogen) atoms. The van der Waals surface area contributed by atoms with Gasteiger partial charge in [-0.05, 0) is 35.6 Å². The quantitative estimate of drug-likeness (QED) is 0.138. The number of ketones is 2. The Kier molecular flexibility index (Phi) is 7.23. The van der Waals surface area contributed by atoms with E-state index in [0.717, 1.165) is 23.3 Å². The van der Waals surface area contributed by atoms with Crippen LogP contribution in [0.5, 0.6) is 0 Å². The molecule has 2 aromatic heterocycles. The van der Waals surface area contributed by atoms with Crippen LogP contribution in [0.25, 0.3) is 21.5 Å². The molecule has 5 heterocycles. The third-order valence-corrected chi connectivity index (χ3v) is 10.6. The summed E-state index contributed by atoms with van der Waals surface area (Å²) in [6.45, 7) is 0. The van der Waals surface area contributed by atoms with Crippen LogP contribution < -0.4 is 22.5 Å². The molecular weight excluding hydrogens is 692 g/mol. The Morgan fingerprint density at radius 2 is 0.904 bits per heavy atom. The van der Waals surface area contributed by atoms with E-state index < -0.39 is 87.9 Å². The predicted molar refractivity (Wildman–Crippen MR) is 163 cm³/mol. The van der Waals surface area contributed by atoms with Crippen LogP contribution >= 0.6 is 0 Å². The normalized spacial score (nSPS) is 29.6. The number of carbonyl (C=O) groups excluding carboxylic acids is 8. The standard InChI is InChI=1S/C17H14O5.C10H2O6.C8H4O6/c18-13-7-14(19)16-9-4-2-1-3-8(9)10(5-12(13)16)11-6-15(20)22-17(11)21;11-7-3-1-4-6(10(14)16-8(4)12)2-5(3)9(13)15-7;9-5-1-2(6(10)13-5)4-3(1)7(11)14-8(4)12/h1-4,10-12,16H,5-7H2;1-2H;1-4H. The van der Waals surface area contributed by atoms with E-state index in [1.807, 2.05) is 24.3 Å². The molecule has 17 nitrogen and oxygen atoms in total. The molecule has 2 saturated carbocycles. The monoisotopic (exact) mass is 712 g/mol. The lowest BCUT2D eigenvalue weighted by molar-refractivity contribution is -0.158. The van der Waals surface area contributed by atoms with Crippen LogP contribution in [0.3, 0.4) is 0 Å². The fraction of sp³-hybridized carbons (Fsp3) is 0.314. The maximum absolute atomic E-state index is 12.2. The van der Waals surface area contributed by atoms with Crippen molar-refractivity contribution >= 4 is 68.9 Å². The first-order valence-corrected chi connectivity index (χ1v) is 15.9. The molecule has 4 unspecified atom stereocenters. The summed E-state index contributed by atoms with van der Waals surface area (Å²) in [7, 11) is 0. The predicted octanol–water partition coefficient (Wildman–Crippen LogP) is -0.368. The van der Waals surface area contributed by atoms with Gasteiger partial charge < -0.3 is 23.0 Å². The molecule has 3 aliphatic carbocycles. The smallest absolute Gasteiger partial charge is 0.346 e. The number of esters is 6. The summed E-state index contributed by atoms with van der Waals surface area (Å²) in [5, 5.41) is -0.0726. The van der Waals surface area contributed by atoms with Crippen LogP contribution in [0, 0.1) is 35.5 Å². The first-order valence-electron chi connectivity index (χ1n) is 15.9. The number of cyclic esters (lactones) is 6. The van der Waals surface area contributed by atoms with Crippen LogP contribution in [0.2, 0.25) is 0 Å². The molecule has 0 spiro atoms. The maximum atomic E-state index is 12.2. The SMILES string of the molecule is O=C1CC(C2CC3C(=O)CC(=O)C3c3ccccc32)C(=O)O1.O=C1OC(=O)C2C1C1C(=O)OC(=O)C21.O=c1oc(=O)c2cc3c(=O)oc(=O)c3cc12. The van der Waals surface area contributed by atoms with E-state index in [-0.39, 0.29) is 63.7 Å². The number of ether oxygens (including phenoxy) is 3. The van der Waals surface area contributed by atoms with E-state index in [1.54, 1.807) is 0 Å². The molecule has 5 fully saturated rings. The average Bonchev–Trinajstić information content (AvgIpc) is 3.85. The molecule has 0 bridgehead atoms. The third kappa shape index (κ3) is 4.75.